The molecule has 1 N–H and O–H groups in total. The van der Waals surface area contributed by atoms with E-state index in [2.05, 4.69) is 5.32 Å². The number of carbonyl (C=O) groups is 2. The number of ether oxygens (including phenoxy) is 2. The molecule has 10 heteroatoms. The molecule has 1 aromatic heterocycles. The maximum Gasteiger partial charge on any atom is 0.240 e. The van der Waals surface area contributed by atoms with Crippen LogP contribution in [-0.4, -0.2) is 61.3 Å². The number of para-hydroxylation sites is 2. The lowest BCUT2D eigenvalue weighted by Crippen LogP contribution is -2.43. The highest BCUT2D eigenvalue weighted by molar-refractivity contribution is 8.00. The topological polar surface area (TPSA) is 85.7 Å². The van der Waals surface area contributed by atoms with Gasteiger partial charge in [-0.15, -0.1) is 11.8 Å². The van der Waals surface area contributed by atoms with Crippen LogP contribution in [0.1, 0.15) is 16.4 Å². The number of halogens is 1. The number of amides is 2. The average Bonchev–Trinajstić information content (AvgIpc) is 3.30. The number of thioether (sulfide) groups is 1. The number of hydrogen-bond acceptors (Lipinski definition) is 6. The number of anilines is 1. The van der Waals surface area contributed by atoms with Gasteiger partial charge in [0.25, 0.3) is 0 Å². The molecule has 2 heterocycles. The molecular weight excluding hydrogens is 548 g/mol. The fourth-order valence-electron chi connectivity index (χ4n) is 4.74. The highest BCUT2D eigenvalue weighted by atomic mass is 35.5. The molecule has 40 heavy (non-hydrogen) atoms. The van der Waals surface area contributed by atoms with Gasteiger partial charge in [-0.05, 0) is 18.2 Å². The van der Waals surface area contributed by atoms with Gasteiger partial charge < -0.3 is 14.8 Å². The third kappa shape index (κ3) is 5.58. The molecule has 0 radical (unpaired) electrons. The van der Waals surface area contributed by atoms with Gasteiger partial charge in [-0.2, -0.15) is 5.10 Å². The van der Waals surface area contributed by atoms with E-state index in [4.69, 9.17) is 26.2 Å². The molecule has 0 saturated heterocycles. The van der Waals surface area contributed by atoms with Crippen molar-refractivity contribution in [3.05, 3.63) is 95.0 Å². The predicted molar refractivity (Wildman–Crippen MR) is 159 cm³/mol. The third-order valence-corrected chi connectivity index (χ3v) is 8.12. The Balaban J connectivity index is 1.78. The van der Waals surface area contributed by atoms with E-state index >= 15 is 0 Å². The molecule has 1 aliphatic rings. The van der Waals surface area contributed by atoms with Crippen LogP contribution in [0, 0.1) is 0 Å². The lowest BCUT2D eigenvalue weighted by molar-refractivity contribution is -0.123. The van der Waals surface area contributed by atoms with Gasteiger partial charge in [0.05, 0.1) is 41.1 Å². The van der Waals surface area contributed by atoms with E-state index in [0.717, 1.165) is 16.7 Å². The molecule has 1 atom stereocenters. The summed E-state index contributed by atoms with van der Waals surface area (Å²) < 4.78 is 12.5. The van der Waals surface area contributed by atoms with Gasteiger partial charge in [-0.25, -0.2) is 4.68 Å². The van der Waals surface area contributed by atoms with Crippen molar-refractivity contribution in [3.63, 3.8) is 0 Å². The Labute approximate surface area is 242 Å². The first-order valence-electron chi connectivity index (χ1n) is 12.8. The summed E-state index contributed by atoms with van der Waals surface area (Å²) in [5.74, 6) is 0.844. The third-order valence-electron chi connectivity index (χ3n) is 6.57. The van der Waals surface area contributed by atoms with Crippen LogP contribution >= 0.6 is 23.4 Å². The van der Waals surface area contributed by atoms with Crippen LogP contribution < -0.4 is 15.0 Å². The summed E-state index contributed by atoms with van der Waals surface area (Å²) in [6.45, 7) is 0.521. The van der Waals surface area contributed by atoms with Crippen molar-refractivity contribution < 1.29 is 19.1 Å². The van der Waals surface area contributed by atoms with E-state index in [1.165, 1.54) is 16.7 Å². The van der Waals surface area contributed by atoms with E-state index < -0.39 is 0 Å². The van der Waals surface area contributed by atoms with Crippen LogP contribution in [0.15, 0.2) is 78.9 Å². The van der Waals surface area contributed by atoms with E-state index in [9.17, 15) is 9.59 Å². The summed E-state index contributed by atoms with van der Waals surface area (Å²) in [5.41, 5.74) is 3.88. The molecule has 4 aromatic rings. The standard InChI is InChI=1S/C30H29ClN4O4S/c1-38-17-16-32-25(36)18-34-26(37)19-40-29(21-12-6-9-15-24(21)39-2)27-28(20-10-4-3-5-11-20)33-35(30(27)34)23-14-8-7-13-22(23)31/h3-15,29H,16-19H2,1-2H3,(H,32,36). The van der Waals surface area contributed by atoms with Gasteiger partial charge >= 0.3 is 0 Å². The van der Waals surface area contributed by atoms with Crippen molar-refractivity contribution in [1.82, 2.24) is 15.1 Å². The van der Waals surface area contributed by atoms with E-state index in [1.807, 2.05) is 72.8 Å². The van der Waals surface area contributed by atoms with Gasteiger partial charge in [-0.1, -0.05) is 72.3 Å². The highest BCUT2D eigenvalue weighted by Gasteiger charge is 2.38. The minimum atomic E-state index is -0.317. The van der Waals surface area contributed by atoms with Crippen molar-refractivity contribution in [2.24, 2.45) is 0 Å². The Morgan fingerprint density at radius 1 is 1.05 bits per heavy atom. The number of nitrogens with zero attached hydrogens (tertiary/aromatic N) is 3. The molecule has 0 saturated carbocycles. The summed E-state index contributed by atoms with van der Waals surface area (Å²) in [5, 5.41) is 8.05. The minimum absolute atomic E-state index is 0.152. The molecule has 8 nitrogen and oxygen atoms in total. The average molecular weight is 577 g/mol. The molecule has 5 rings (SSSR count). The molecule has 3 aromatic carbocycles. The zero-order valence-electron chi connectivity index (χ0n) is 22.2. The second-order valence-corrected chi connectivity index (χ2v) is 10.6. The van der Waals surface area contributed by atoms with Crippen molar-refractivity contribution >= 4 is 41.0 Å². The van der Waals surface area contributed by atoms with Crippen molar-refractivity contribution in [2.45, 2.75) is 5.25 Å². The maximum absolute atomic E-state index is 13.8. The Kier molecular flexibility index (Phi) is 8.74. The van der Waals surface area contributed by atoms with Gasteiger partial charge in [-0.3, -0.25) is 14.5 Å². The Morgan fingerprint density at radius 2 is 1.77 bits per heavy atom. The lowest BCUT2D eigenvalue weighted by Gasteiger charge is -2.23. The summed E-state index contributed by atoms with van der Waals surface area (Å²) in [6.07, 6.45) is 0. The molecular formula is C30H29ClN4O4S. The number of aromatic nitrogens is 2. The first-order chi connectivity index (χ1) is 19.5. The second kappa shape index (κ2) is 12.6. The molecule has 2 amide bonds. The molecule has 1 aliphatic heterocycles. The molecule has 206 valence electrons. The number of methoxy groups -OCH3 is 2. The minimum Gasteiger partial charge on any atom is -0.496 e. The van der Waals surface area contributed by atoms with Crippen LogP contribution in [-0.2, 0) is 14.3 Å². The number of nitrogens with one attached hydrogen (secondary N) is 1. The quantitative estimate of drug-likeness (QED) is 0.278. The van der Waals surface area contributed by atoms with Crippen LogP contribution in [0.2, 0.25) is 5.02 Å². The largest absolute Gasteiger partial charge is 0.496 e. The van der Waals surface area contributed by atoms with Gasteiger partial charge in [0, 0.05) is 30.3 Å². The Morgan fingerprint density at radius 3 is 2.52 bits per heavy atom. The van der Waals surface area contributed by atoms with Crippen molar-refractivity contribution in [2.75, 3.05) is 44.6 Å². The van der Waals surface area contributed by atoms with Crippen molar-refractivity contribution in [1.29, 1.82) is 0 Å². The van der Waals surface area contributed by atoms with Crippen LogP contribution in [0.5, 0.6) is 5.75 Å². The van der Waals surface area contributed by atoms with Crippen molar-refractivity contribution in [3.8, 4) is 22.7 Å². The first-order valence-corrected chi connectivity index (χ1v) is 14.2. The van der Waals surface area contributed by atoms with Gasteiger partial charge in [0.15, 0.2) is 0 Å². The summed E-state index contributed by atoms with van der Waals surface area (Å²) in [7, 11) is 3.20. The first kappa shape index (κ1) is 27.8. The zero-order chi connectivity index (χ0) is 28.1. The normalized spacial score (nSPS) is 14.9. The molecule has 1 unspecified atom stereocenters. The van der Waals surface area contributed by atoms with Crippen LogP contribution in [0.3, 0.4) is 0 Å². The summed E-state index contributed by atoms with van der Waals surface area (Å²) in [6, 6.07) is 24.9. The zero-order valence-corrected chi connectivity index (χ0v) is 23.7. The summed E-state index contributed by atoms with van der Waals surface area (Å²) in [4.78, 5) is 28.4. The van der Waals surface area contributed by atoms with Crippen LogP contribution in [0.4, 0.5) is 5.82 Å². The smallest absolute Gasteiger partial charge is 0.240 e. The monoisotopic (exact) mass is 576 g/mol. The maximum atomic E-state index is 13.8. The molecule has 0 fully saturated rings. The lowest BCUT2D eigenvalue weighted by atomic mass is 9.99. The number of rotatable bonds is 9. The fourth-order valence-corrected chi connectivity index (χ4v) is 6.18. The number of hydrogen-bond donors (Lipinski definition) is 1. The van der Waals surface area contributed by atoms with E-state index in [1.54, 1.807) is 25.0 Å². The second-order valence-electron chi connectivity index (χ2n) is 9.07. The number of fused-ring (bicyclic) bond motifs is 1. The van der Waals surface area contributed by atoms with Gasteiger partial charge in [0.1, 0.15) is 18.1 Å². The predicted octanol–water partition coefficient (Wildman–Crippen LogP) is 5.13. The molecule has 0 bridgehead atoms. The fraction of sp³-hybridized carbons (Fsp3) is 0.233. The number of benzene rings is 3. The highest BCUT2D eigenvalue weighted by Crippen LogP contribution is 2.50. The SMILES string of the molecule is COCCNC(=O)CN1C(=O)CSC(c2ccccc2OC)c2c(-c3ccccc3)nn(-c3ccccc3Cl)c21. The van der Waals surface area contributed by atoms with E-state index in [0.29, 0.717) is 41.1 Å². The Hall–Kier alpha value is -3.79. The summed E-state index contributed by atoms with van der Waals surface area (Å²) >= 11 is 8.17. The molecule has 0 spiro atoms. The van der Waals surface area contributed by atoms with E-state index in [-0.39, 0.29) is 29.4 Å². The Bertz CT molecular complexity index is 1510. The molecule has 0 aliphatic carbocycles. The van der Waals surface area contributed by atoms with Crippen LogP contribution in [0.25, 0.3) is 16.9 Å². The van der Waals surface area contributed by atoms with Gasteiger partial charge in [0.2, 0.25) is 11.8 Å². The number of carbonyl (C=O) groups excluding carboxylic acids is 2.